The molecule has 11 heavy (non-hydrogen) atoms. The number of halogens is 1. The first kappa shape index (κ1) is 11.0. The van der Waals surface area contributed by atoms with Crippen molar-refractivity contribution in [3.05, 3.63) is 0 Å². The molecule has 0 aliphatic carbocycles. The fourth-order valence-corrected chi connectivity index (χ4v) is 1.13. The zero-order valence-electron chi connectivity index (χ0n) is 7.03. The molecule has 0 radical (unpaired) electrons. The summed E-state index contributed by atoms with van der Waals surface area (Å²) in [5.41, 5.74) is 0. The molecule has 3 heteroatoms. The number of hydrogen-bond donors (Lipinski definition) is 1. The van der Waals surface area contributed by atoms with Gasteiger partial charge in [0, 0.05) is 22.6 Å². The second-order valence-corrected chi connectivity index (χ2v) is 3.08. The van der Waals surface area contributed by atoms with E-state index in [0.717, 1.165) is 6.42 Å². The van der Waals surface area contributed by atoms with Crippen LogP contribution in [-0.2, 0) is 4.79 Å². The molecule has 0 atom stereocenters. The van der Waals surface area contributed by atoms with E-state index in [-0.39, 0.29) is 5.91 Å². The molecular formula is C8H16BrNO. The lowest BCUT2D eigenvalue weighted by Crippen LogP contribution is -2.10. The Kier molecular flexibility index (Phi) is 8.01. The summed E-state index contributed by atoms with van der Waals surface area (Å²) < 4.78 is 2.43. The summed E-state index contributed by atoms with van der Waals surface area (Å²) in [6.45, 7) is 2.19. The molecule has 0 aliphatic heterocycles. The average Bonchev–Trinajstić information content (AvgIpc) is 2.04. The van der Waals surface area contributed by atoms with E-state index >= 15 is 0 Å². The molecule has 0 spiro atoms. The maximum atomic E-state index is 10.7. The molecule has 1 N–H and O–H groups in total. The van der Waals surface area contributed by atoms with Gasteiger partial charge in [-0.05, 0) is 6.42 Å². The first-order chi connectivity index (χ1) is 5.31. The minimum absolute atomic E-state index is 0.0847. The summed E-state index contributed by atoms with van der Waals surface area (Å²) >= 11 is 2.90. The Labute approximate surface area is 77.1 Å². The Bertz CT molecular complexity index is 106. The third kappa shape index (κ3) is 7.85. The van der Waals surface area contributed by atoms with Crippen LogP contribution >= 0.6 is 16.1 Å². The summed E-state index contributed by atoms with van der Waals surface area (Å²) in [6, 6.07) is 0. The molecule has 0 fully saturated rings. The predicted octanol–water partition coefficient (Wildman–Crippen LogP) is 2.77. The van der Waals surface area contributed by atoms with Crippen LogP contribution < -0.4 is 4.34 Å². The van der Waals surface area contributed by atoms with Gasteiger partial charge in [-0.2, -0.15) is 0 Å². The van der Waals surface area contributed by atoms with Crippen molar-refractivity contribution in [2.24, 2.45) is 0 Å². The van der Waals surface area contributed by atoms with Gasteiger partial charge in [-0.25, -0.2) is 0 Å². The Hall–Kier alpha value is -0.0500. The molecule has 0 aromatic heterocycles. The van der Waals surface area contributed by atoms with E-state index in [1.807, 2.05) is 0 Å². The molecular weight excluding hydrogens is 206 g/mol. The molecule has 0 aliphatic rings. The van der Waals surface area contributed by atoms with Gasteiger partial charge >= 0.3 is 0 Å². The maximum absolute atomic E-state index is 10.7. The topological polar surface area (TPSA) is 29.1 Å². The normalized spacial score (nSPS) is 9.64. The van der Waals surface area contributed by atoms with Crippen molar-refractivity contribution in [2.75, 3.05) is 0 Å². The smallest absolute Gasteiger partial charge is 0.229 e. The molecule has 2 nitrogen and oxygen atoms in total. The van der Waals surface area contributed by atoms with Gasteiger partial charge in [-0.15, -0.1) is 0 Å². The van der Waals surface area contributed by atoms with Crippen LogP contribution in [0.1, 0.15) is 45.4 Å². The van der Waals surface area contributed by atoms with E-state index in [9.17, 15) is 4.79 Å². The van der Waals surface area contributed by atoms with Gasteiger partial charge in [-0.1, -0.05) is 32.6 Å². The first-order valence-electron chi connectivity index (χ1n) is 4.20. The maximum Gasteiger partial charge on any atom is 0.229 e. The van der Waals surface area contributed by atoms with Crippen LogP contribution in [0.3, 0.4) is 0 Å². The summed E-state index contributed by atoms with van der Waals surface area (Å²) in [5, 5.41) is 0. The Morgan fingerprint density at radius 2 is 1.91 bits per heavy atom. The van der Waals surface area contributed by atoms with Crippen molar-refractivity contribution in [3.8, 4) is 0 Å². The first-order valence-corrected chi connectivity index (χ1v) is 5.00. The predicted molar refractivity (Wildman–Crippen MR) is 50.4 cm³/mol. The Balaban J connectivity index is 2.95. The monoisotopic (exact) mass is 221 g/mol. The highest BCUT2D eigenvalue weighted by Gasteiger charge is 1.96. The van der Waals surface area contributed by atoms with Gasteiger partial charge in [0.25, 0.3) is 0 Å². The van der Waals surface area contributed by atoms with Gasteiger partial charge in [0.2, 0.25) is 5.91 Å². The molecule has 0 rings (SSSR count). The van der Waals surface area contributed by atoms with Crippen LogP contribution in [-0.4, -0.2) is 5.91 Å². The van der Waals surface area contributed by atoms with Crippen LogP contribution in [0.5, 0.6) is 0 Å². The minimum atomic E-state index is 0.0847. The van der Waals surface area contributed by atoms with Crippen molar-refractivity contribution in [2.45, 2.75) is 45.4 Å². The van der Waals surface area contributed by atoms with Gasteiger partial charge in [0.1, 0.15) is 0 Å². The molecule has 0 aromatic carbocycles. The van der Waals surface area contributed by atoms with E-state index < -0.39 is 0 Å². The number of nitrogens with one attached hydrogen (secondary N) is 1. The zero-order valence-corrected chi connectivity index (χ0v) is 8.61. The lowest BCUT2D eigenvalue weighted by Gasteiger charge is -1.97. The minimum Gasteiger partial charge on any atom is -0.293 e. The number of carbonyl (C=O) groups excluding carboxylic acids is 1. The second kappa shape index (κ2) is 8.05. The number of hydrogen-bond acceptors (Lipinski definition) is 1. The summed E-state index contributed by atoms with van der Waals surface area (Å²) in [7, 11) is 0. The van der Waals surface area contributed by atoms with Crippen LogP contribution in [0, 0.1) is 0 Å². The molecule has 0 bridgehead atoms. The molecule has 1 amide bonds. The molecule has 0 saturated heterocycles. The molecule has 0 saturated carbocycles. The van der Waals surface area contributed by atoms with E-state index in [1.165, 1.54) is 25.7 Å². The van der Waals surface area contributed by atoms with E-state index in [1.54, 1.807) is 0 Å². The molecule has 0 heterocycles. The van der Waals surface area contributed by atoms with Crippen LogP contribution in [0.15, 0.2) is 0 Å². The standard InChI is InChI=1S/C8H16BrNO/c1-2-3-4-5-6-7-8(11)10-9/h2-7H2,1H3,(H,10,11). The van der Waals surface area contributed by atoms with Gasteiger partial charge in [-0.3, -0.25) is 9.14 Å². The fraction of sp³-hybridized carbons (Fsp3) is 0.875. The largest absolute Gasteiger partial charge is 0.293 e. The average molecular weight is 222 g/mol. The zero-order chi connectivity index (χ0) is 8.53. The summed E-state index contributed by atoms with van der Waals surface area (Å²) in [4.78, 5) is 10.7. The van der Waals surface area contributed by atoms with Crippen molar-refractivity contribution in [1.82, 2.24) is 4.34 Å². The van der Waals surface area contributed by atoms with Crippen LogP contribution in [0.25, 0.3) is 0 Å². The van der Waals surface area contributed by atoms with E-state index in [2.05, 4.69) is 27.4 Å². The third-order valence-corrected chi connectivity index (χ3v) is 2.06. The number of unbranched alkanes of at least 4 members (excludes halogenated alkanes) is 4. The molecule has 66 valence electrons. The number of rotatable bonds is 6. The Morgan fingerprint density at radius 1 is 1.27 bits per heavy atom. The van der Waals surface area contributed by atoms with Crippen LogP contribution in [0.2, 0.25) is 0 Å². The second-order valence-electron chi connectivity index (χ2n) is 2.68. The molecule has 0 aromatic rings. The highest BCUT2D eigenvalue weighted by molar-refractivity contribution is 9.08. The van der Waals surface area contributed by atoms with Crippen molar-refractivity contribution < 1.29 is 4.79 Å². The van der Waals surface area contributed by atoms with Gasteiger partial charge < -0.3 is 0 Å². The number of amides is 1. The van der Waals surface area contributed by atoms with Gasteiger partial charge in [0.15, 0.2) is 0 Å². The molecule has 0 unspecified atom stereocenters. The summed E-state index contributed by atoms with van der Waals surface area (Å²) in [6.07, 6.45) is 6.63. The quantitative estimate of drug-likeness (QED) is 0.543. The third-order valence-electron chi connectivity index (χ3n) is 1.61. The lowest BCUT2D eigenvalue weighted by molar-refractivity contribution is -0.119. The van der Waals surface area contributed by atoms with E-state index in [0.29, 0.717) is 6.42 Å². The Morgan fingerprint density at radius 3 is 2.45 bits per heavy atom. The number of carbonyl (C=O) groups is 1. The van der Waals surface area contributed by atoms with Crippen LogP contribution in [0.4, 0.5) is 0 Å². The van der Waals surface area contributed by atoms with Gasteiger partial charge in [0.05, 0.1) is 0 Å². The SMILES string of the molecule is CCCCCCCC(=O)NBr. The van der Waals surface area contributed by atoms with Crippen molar-refractivity contribution >= 4 is 22.1 Å². The van der Waals surface area contributed by atoms with E-state index in [4.69, 9.17) is 0 Å². The fourth-order valence-electron chi connectivity index (χ4n) is 0.936. The summed E-state index contributed by atoms with van der Waals surface area (Å²) in [5.74, 6) is 0.0847. The highest BCUT2D eigenvalue weighted by atomic mass is 79.9. The highest BCUT2D eigenvalue weighted by Crippen LogP contribution is 2.04. The van der Waals surface area contributed by atoms with Crippen molar-refractivity contribution in [1.29, 1.82) is 0 Å². The lowest BCUT2D eigenvalue weighted by atomic mass is 10.1. The van der Waals surface area contributed by atoms with Crippen molar-refractivity contribution in [3.63, 3.8) is 0 Å².